The summed E-state index contributed by atoms with van der Waals surface area (Å²) in [5, 5.41) is 10.3. The Labute approximate surface area is 138 Å². The van der Waals surface area contributed by atoms with Crippen LogP contribution < -0.4 is 5.32 Å². The van der Waals surface area contributed by atoms with E-state index in [1.807, 2.05) is 18.2 Å². The molecule has 3 rings (SSSR count). The van der Waals surface area contributed by atoms with Gasteiger partial charge in [0.2, 0.25) is 0 Å². The summed E-state index contributed by atoms with van der Waals surface area (Å²) in [5.74, 6) is 0.103. The Kier molecular flexibility index (Phi) is 4.01. The van der Waals surface area contributed by atoms with Crippen LogP contribution in [-0.4, -0.2) is 16.1 Å². The largest absolute Gasteiger partial charge is 0.402 e. The average molecular weight is 435 g/mol. The van der Waals surface area contributed by atoms with Crippen molar-refractivity contribution in [2.75, 3.05) is 5.32 Å². The molecule has 0 aliphatic heterocycles. The molecule has 1 N–H and O–H groups in total. The summed E-state index contributed by atoms with van der Waals surface area (Å²) >= 11 is 9.48. The van der Waals surface area contributed by atoms with Gasteiger partial charge in [-0.05, 0) is 56.1 Å². The topological polar surface area (TPSA) is 68.0 Å². The Balaban J connectivity index is 1.76. The van der Waals surface area contributed by atoms with Crippen LogP contribution in [-0.2, 0) is 0 Å². The maximum absolute atomic E-state index is 11.9. The number of carbonyl (C=O) groups excluding carboxylic acids is 1. The van der Waals surface area contributed by atoms with Gasteiger partial charge in [-0.1, -0.05) is 5.10 Å². The molecule has 0 saturated carbocycles. The van der Waals surface area contributed by atoms with Gasteiger partial charge in [0.15, 0.2) is 0 Å². The molecule has 0 aliphatic rings. The number of nitrogens with zero attached hydrogens (tertiary/aromatic N) is 2. The number of thiophene rings is 2. The van der Waals surface area contributed by atoms with E-state index in [4.69, 9.17) is 4.42 Å². The molecule has 0 aliphatic carbocycles. The molecule has 0 spiro atoms. The first-order valence-corrected chi connectivity index (χ1v) is 8.49. The van der Waals surface area contributed by atoms with Gasteiger partial charge in [0.25, 0.3) is 11.8 Å². The Hall–Kier alpha value is -1.03. The lowest BCUT2D eigenvalue weighted by Crippen LogP contribution is -2.10. The van der Waals surface area contributed by atoms with Crippen molar-refractivity contribution in [3.05, 3.63) is 36.7 Å². The van der Waals surface area contributed by atoms with Crippen molar-refractivity contribution in [1.29, 1.82) is 0 Å². The number of hydrogen-bond donors (Lipinski definition) is 1. The van der Waals surface area contributed by atoms with Crippen molar-refractivity contribution in [3.8, 4) is 10.8 Å². The number of rotatable bonds is 3. The van der Waals surface area contributed by atoms with Crippen LogP contribution in [0.3, 0.4) is 0 Å². The van der Waals surface area contributed by atoms with Gasteiger partial charge in [0.1, 0.15) is 0 Å². The van der Waals surface area contributed by atoms with Crippen molar-refractivity contribution in [2.45, 2.75) is 0 Å². The fourth-order valence-electron chi connectivity index (χ4n) is 1.40. The molecule has 5 nitrogen and oxygen atoms in total. The van der Waals surface area contributed by atoms with E-state index in [0.717, 1.165) is 12.4 Å². The summed E-state index contributed by atoms with van der Waals surface area (Å²) in [6.07, 6.45) is 0. The van der Waals surface area contributed by atoms with Gasteiger partial charge in [-0.15, -0.1) is 27.8 Å². The lowest BCUT2D eigenvalue weighted by atomic mass is 10.4. The highest BCUT2D eigenvalue weighted by atomic mass is 79.9. The Bertz CT molecular complexity index is 765. The Morgan fingerprint density at radius 3 is 2.50 bits per heavy atom. The molecule has 0 bridgehead atoms. The lowest BCUT2D eigenvalue weighted by molar-refractivity contribution is 0.102. The molecule has 3 aromatic heterocycles. The molecule has 0 unspecified atom stereocenters. The number of aromatic nitrogens is 2. The van der Waals surface area contributed by atoms with Crippen molar-refractivity contribution < 1.29 is 9.21 Å². The van der Waals surface area contributed by atoms with E-state index in [-0.39, 0.29) is 11.9 Å². The molecule has 3 aromatic rings. The molecule has 102 valence electrons. The molecule has 9 heteroatoms. The van der Waals surface area contributed by atoms with Gasteiger partial charge in [-0.2, -0.15) is 0 Å². The highest BCUT2D eigenvalue weighted by molar-refractivity contribution is 9.11. The van der Waals surface area contributed by atoms with E-state index in [0.29, 0.717) is 10.8 Å². The van der Waals surface area contributed by atoms with E-state index in [1.54, 1.807) is 6.07 Å². The van der Waals surface area contributed by atoms with Crippen LogP contribution in [0.2, 0.25) is 0 Å². The second-order valence-electron chi connectivity index (χ2n) is 3.57. The second kappa shape index (κ2) is 5.76. The molecule has 1 amide bonds. The van der Waals surface area contributed by atoms with E-state index in [1.165, 1.54) is 22.7 Å². The van der Waals surface area contributed by atoms with Gasteiger partial charge in [-0.25, -0.2) is 0 Å². The van der Waals surface area contributed by atoms with Gasteiger partial charge < -0.3 is 4.42 Å². The summed E-state index contributed by atoms with van der Waals surface area (Å²) in [5.41, 5.74) is 0. The molecule has 0 saturated heterocycles. The minimum atomic E-state index is -0.275. The third kappa shape index (κ3) is 3.00. The van der Waals surface area contributed by atoms with E-state index >= 15 is 0 Å². The van der Waals surface area contributed by atoms with Crippen LogP contribution in [0.4, 0.5) is 6.01 Å². The zero-order valence-electron chi connectivity index (χ0n) is 9.59. The number of halogens is 2. The molecular weight excluding hydrogens is 430 g/mol. The lowest BCUT2D eigenvalue weighted by Gasteiger charge is -1.95. The number of carbonyl (C=O) groups is 1. The standard InChI is InChI=1S/C11H5Br2N3O2S2/c12-7-3-1-5(19-7)9(17)14-11-16-15-10(18-11)6-2-4-8(13)20-6/h1-4H,(H,14,16,17). The summed E-state index contributed by atoms with van der Waals surface area (Å²) in [4.78, 5) is 13.3. The SMILES string of the molecule is O=C(Nc1nnc(-c2ccc(Br)s2)o1)c1ccc(Br)s1. The van der Waals surface area contributed by atoms with Crippen LogP contribution in [0.5, 0.6) is 0 Å². The molecule has 0 atom stereocenters. The third-order valence-electron chi connectivity index (χ3n) is 2.23. The number of anilines is 1. The van der Waals surface area contributed by atoms with Gasteiger partial charge in [0, 0.05) is 0 Å². The van der Waals surface area contributed by atoms with E-state index in [2.05, 4.69) is 47.4 Å². The van der Waals surface area contributed by atoms with Crippen molar-refractivity contribution >= 4 is 66.5 Å². The zero-order valence-corrected chi connectivity index (χ0v) is 14.4. The van der Waals surface area contributed by atoms with Crippen molar-refractivity contribution in [3.63, 3.8) is 0 Å². The normalized spacial score (nSPS) is 10.7. The average Bonchev–Trinajstić information content (AvgIpc) is 3.10. The molecular formula is C11H5Br2N3O2S2. The number of amides is 1. The molecule has 3 heterocycles. The fourth-order valence-corrected chi connectivity index (χ4v) is 3.99. The van der Waals surface area contributed by atoms with E-state index in [9.17, 15) is 4.79 Å². The first-order chi connectivity index (χ1) is 9.61. The van der Waals surface area contributed by atoms with Crippen molar-refractivity contribution in [1.82, 2.24) is 10.2 Å². The molecule has 0 aromatic carbocycles. The highest BCUT2D eigenvalue weighted by Gasteiger charge is 2.15. The number of hydrogen-bond acceptors (Lipinski definition) is 6. The minimum Gasteiger partial charge on any atom is -0.402 e. The maximum atomic E-state index is 11.9. The number of nitrogens with one attached hydrogen (secondary N) is 1. The van der Waals surface area contributed by atoms with E-state index < -0.39 is 0 Å². The van der Waals surface area contributed by atoms with Crippen LogP contribution in [0.15, 0.2) is 36.3 Å². The fraction of sp³-hybridized carbons (Fsp3) is 0. The van der Waals surface area contributed by atoms with Gasteiger partial charge in [0.05, 0.1) is 17.3 Å². The summed E-state index contributed by atoms with van der Waals surface area (Å²) in [6, 6.07) is 7.37. The monoisotopic (exact) mass is 433 g/mol. The van der Waals surface area contributed by atoms with Gasteiger partial charge in [-0.3, -0.25) is 10.1 Å². The second-order valence-corrected chi connectivity index (χ2v) is 8.50. The van der Waals surface area contributed by atoms with Crippen LogP contribution in [0, 0.1) is 0 Å². The molecule has 20 heavy (non-hydrogen) atoms. The van der Waals surface area contributed by atoms with Crippen molar-refractivity contribution in [2.24, 2.45) is 0 Å². The minimum absolute atomic E-state index is 0.0824. The Morgan fingerprint density at radius 1 is 1.10 bits per heavy atom. The predicted molar refractivity (Wildman–Crippen MR) is 85.3 cm³/mol. The quantitative estimate of drug-likeness (QED) is 0.652. The zero-order chi connectivity index (χ0) is 14.1. The van der Waals surface area contributed by atoms with Crippen LogP contribution in [0.25, 0.3) is 10.8 Å². The first kappa shape index (κ1) is 13.9. The summed E-state index contributed by atoms with van der Waals surface area (Å²) in [6.45, 7) is 0. The maximum Gasteiger partial charge on any atom is 0.322 e. The van der Waals surface area contributed by atoms with Crippen LogP contribution in [0.1, 0.15) is 9.67 Å². The van der Waals surface area contributed by atoms with Gasteiger partial charge >= 0.3 is 6.01 Å². The summed E-state index contributed by atoms with van der Waals surface area (Å²) < 4.78 is 7.27. The highest BCUT2D eigenvalue weighted by Crippen LogP contribution is 2.31. The first-order valence-electron chi connectivity index (χ1n) is 5.28. The Morgan fingerprint density at radius 2 is 1.85 bits per heavy atom. The molecule has 0 radical (unpaired) electrons. The smallest absolute Gasteiger partial charge is 0.322 e. The predicted octanol–water partition coefficient (Wildman–Crippen LogP) is 4.64. The summed E-state index contributed by atoms with van der Waals surface area (Å²) in [7, 11) is 0. The van der Waals surface area contributed by atoms with Crippen LogP contribution >= 0.6 is 54.5 Å². The third-order valence-corrected chi connectivity index (χ3v) is 5.46. The molecule has 0 fully saturated rings.